The predicted molar refractivity (Wildman–Crippen MR) is 142 cm³/mol. The monoisotopic (exact) mass is 486 g/mol. The fraction of sp³-hybridized carbons (Fsp3) is 0.419. The van der Waals surface area contributed by atoms with Gasteiger partial charge >= 0.3 is 0 Å². The van der Waals surface area contributed by atoms with Crippen molar-refractivity contribution in [3.63, 3.8) is 0 Å². The Kier molecular flexibility index (Phi) is 8.81. The average Bonchev–Trinajstić information content (AvgIpc) is 3.28. The molecule has 2 heterocycles. The summed E-state index contributed by atoms with van der Waals surface area (Å²) in [5, 5.41) is 3.63. The summed E-state index contributed by atoms with van der Waals surface area (Å²) in [7, 11) is 0. The quantitative estimate of drug-likeness (QED) is 0.406. The van der Waals surface area contributed by atoms with Crippen molar-refractivity contribution in [1.29, 1.82) is 0 Å². The van der Waals surface area contributed by atoms with E-state index in [1.165, 1.54) is 24.8 Å². The van der Waals surface area contributed by atoms with Crippen molar-refractivity contribution in [3.05, 3.63) is 108 Å². The number of hydrogen-bond acceptors (Lipinski definition) is 5. The molecule has 2 unspecified atom stereocenters. The van der Waals surface area contributed by atoms with E-state index in [0.29, 0.717) is 26.4 Å². The summed E-state index contributed by atoms with van der Waals surface area (Å²) < 4.78 is 20.1. The molecule has 0 aromatic heterocycles. The van der Waals surface area contributed by atoms with Gasteiger partial charge in [-0.3, -0.25) is 5.32 Å². The second-order valence-corrected chi connectivity index (χ2v) is 9.94. The number of benzene rings is 3. The van der Waals surface area contributed by atoms with Gasteiger partial charge in [-0.05, 0) is 42.6 Å². The predicted octanol–water partition coefficient (Wildman–Crippen LogP) is 5.16. The second-order valence-electron chi connectivity index (χ2n) is 9.94. The van der Waals surface area contributed by atoms with Crippen LogP contribution in [0.15, 0.2) is 91.0 Å². The number of nitrogens with one attached hydrogen (secondary N) is 1. The average molecular weight is 487 g/mol. The maximum absolute atomic E-state index is 6.93. The van der Waals surface area contributed by atoms with Gasteiger partial charge < -0.3 is 19.1 Å². The van der Waals surface area contributed by atoms with Crippen molar-refractivity contribution < 1.29 is 14.2 Å². The number of nitrogens with zero attached hydrogens (tertiary/aromatic N) is 1. The summed E-state index contributed by atoms with van der Waals surface area (Å²) in [5.41, 5.74) is 2.85. The van der Waals surface area contributed by atoms with Gasteiger partial charge in [0, 0.05) is 13.1 Å². The van der Waals surface area contributed by atoms with Gasteiger partial charge in [-0.25, -0.2) is 0 Å². The number of hydrogen-bond donors (Lipinski definition) is 1. The summed E-state index contributed by atoms with van der Waals surface area (Å²) in [4.78, 5) is 2.54. The van der Waals surface area contributed by atoms with Crippen molar-refractivity contribution >= 4 is 0 Å². The lowest BCUT2D eigenvalue weighted by Crippen LogP contribution is -2.60. The van der Waals surface area contributed by atoms with Crippen molar-refractivity contribution in [2.75, 3.05) is 26.2 Å². The van der Waals surface area contributed by atoms with E-state index in [4.69, 9.17) is 14.2 Å². The number of likely N-dealkylation sites (tertiary alicyclic amines) is 1. The van der Waals surface area contributed by atoms with E-state index in [9.17, 15) is 0 Å². The minimum atomic E-state index is -0.628. The van der Waals surface area contributed by atoms with Crippen LogP contribution in [0, 0.1) is 0 Å². The van der Waals surface area contributed by atoms with E-state index < -0.39 is 5.60 Å². The molecule has 3 aromatic rings. The molecule has 190 valence electrons. The summed E-state index contributed by atoms with van der Waals surface area (Å²) in [6.45, 7) is 5.25. The summed E-state index contributed by atoms with van der Waals surface area (Å²) >= 11 is 0. The van der Waals surface area contributed by atoms with Gasteiger partial charge in [-0.1, -0.05) is 97.4 Å². The van der Waals surface area contributed by atoms with Gasteiger partial charge in [-0.2, -0.15) is 0 Å². The largest absolute Gasteiger partial charge is 0.369 e. The van der Waals surface area contributed by atoms with E-state index in [1.54, 1.807) is 0 Å². The molecule has 2 aliphatic rings. The number of piperidine rings is 1. The Morgan fingerprint density at radius 1 is 0.667 bits per heavy atom. The van der Waals surface area contributed by atoms with Crippen LogP contribution in [0.3, 0.4) is 0 Å². The van der Waals surface area contributed by atoms with Crippen LogP contribution in [0.2, 0.25) is 0 Å². The van der Waals surface area contributed by atoms with Crippen LogP contribution in [0.4, 0.5) is 0 Å². The number of rotatable bonds is 11. The fourth-order valence-electron chi connectivity index (χ4n) is 5.31. The van der Waals surface area contributed by atoms with Crippen molar-refractivity contribution in [3.8, 4) is 0 Å². The first-order valence-electron chi connectivity index (χ1n) is 13.3. The lowest BCUT2D eigenvalue weighted by molar-refractivity contribution is -0.204. The zero-order valence-electron chi connectivity index (χ0n) is 21.1. The molecule has 5 nitrogen and oxygen atoms in total. The second kappa shape index (κ2) is 12.6. The van der Waals surface area contributed by atoms with Gasteiger partial charge in [0.05, 0.1) is 19.8 Å². The standard InChI is InChI=1S/C31H38N2O3/c1-5-13-26(14-6-1)22-34-29-21-32-30(35-23-27-15-7-2-8-16-27)31(29,25-33-19-11-4-12-20-33)36-24-28-17-9-3-10-18-28/h1-3,5-10,13-18,29-30,32H,4,11-12,19-25H2/t29?,30?,31-/m1/s1. The Hall–Kier alpha value is -2.54. The zero-order valence-corrected chi connectivity index (χ0v) is 21.1. The summed E-state index contributed by atoms with van der Waals surface area (Å²) in [6, 6.07) is 31.2. The van der Waals surface area contributed by atoms with Crippen LogP contribution < -0.4 is 5.32 Å². The minimum absolute atomic E-state index is 0.135. The maximum atomic E-state index is 6.93. The van der Waals surface area contributed by atoms with E-state index in [0.717, 1.165) is 30.8 Å². The Morgan fingerprint density at radius 2 is 1.19 bits per heavy atom. The molecular weight excluding hydrogens is 448 g/mol. The lowest BCUT2D eigenvalue weighted by Gasteiger charge is -2.43. The van der Waals surface area contributed by atoms with Crippen LogP contribution in [0.5, 0.6) is 0 Å². The molecule has 5 heteroatoms. The SMILES string of the molecule is c1ccc(COC2CNC(OCc3ccccc3)[C@]2(CN2CCCCC2)OCc2ccccc2)cc1. The molecule has 3 atom stereocenters. The van der Waals surface area contributed by atoms with Gasteiger partial charge in [0.25, 0.3) is 0 Å². The van der Waals surface area contributed by atoms with E-state index in [2.05, 4.69) is 83.0 Å². The van der Waals surface area contributed by atoms with Crippen molar-refractivity contribution in [2.45, 2.75) is 57.0 Å². The summed E-state index contributed by atoms with van der Waals surface area (Å²) in [5.74, 6) is 0. The Morgan fingerprint density at radius 3 is 1.78 bits per heavy atom. The van der Waals surface area contributed by atoms with Gasteiger partial charge in [0.2, 0.25) is 0 Å². The van der Waals surface area contributed by atoms with Gasteiger partial charge in [0.1, 0.15) is 17.9 Å². The van der Waals surface area contributed by atoms with Crippen molar-refractivity contribution in [2.24, 2.45) is 0 Å². The molecule has 36 heavy (non-hydrogen) atoms. The topological polar surface area (TPSA) is 43.0 Å². The molecule has 5 rings (SSSR count). The first-order valence-corrected chi connectivity index (χ1v) is 13.3. The molecule has 0 spiro atoms. The highest BCUT2D eigenvalue weighted by Gasteiger charge is 2.54. The van der Waals surface area contributed by atoms with Crippen LogP contribution in [0.25, 0.3) is 0 Å². The minimum Gasteiger partial charge on any atom is -0.369 e. The first kappa shape index (κ1) is 25.1. The number of ether oxygens (including phenoxy) is 3. The molecule has 0 amide bonds. The van der Waals surface area contributed by atoms with Crippen LogP contribution >= 0.6 is 0 Å². The van der Waals surface area contributed by atoms with Gasteiger partial charge in [0.15, 0.2) is 0 Å². The third kappa shape index (κ3) is 6.41. The van der Waals surface area contributed by atoms with Crippen LogP contribution in [0.1, 0.15) is 36.0 Å². The third-order valence-corrected chi connectivity index (χ3v) is 7.30. The van der Waals surface area contributed by atoms with E-state index >= 15 is 0 Å². The molecular formula is C31H38N2O3. The highest BCUT2D eigenvalue weighted by Crippen LogP contribution is 2.34. The van der Waals surface area contributed by atoms with Crippen LogP contribution in [-0.4, -0.2) is 49.0 Å². The van der Waals surface area contributed by atoms with E-state index in [-0.39, 0.29) is 12.3 Å². The molecule has 0 radical (unpaired) electrons. The Labute approximate surface area is 215 Å². The maximum Gasteiger partial charge on any atom is 0.148 e. The van der Waals surface area contributed by atoms with Crippen molar-refractivity contribution in [1.82, 2.24) is 10.2 Å². The molecule has 2 aliphatic heterocycles. The Bertz CT molecular complexity index is 974. The summed E-state index contributed by atoms with van der Waals surface area (Å²) in [6.07, 6.45) is 3.35. The molecule has 0 aliphatic carbocycles. The first-order chi connectivity index (χ1) is 17.8. The molecule has 2 fully saturated rings. The van der Waals surface area contributed by atoms with E-state index in [1.807, 2.05) is 18.2 Å². The highest BCUT2D eigenvalue weighted by atomic mass is 16.6. The van der Waals surface area contributed by atoms with Crippen LogP contribution in [-0.2, 0) is 34.0 Å². The molecule has 0 bridgehead atoms. The zero-order chi connectivity index (χ0) is 24.5. The molecule has 0 saturated carbocycles. The van der Waals surface area contributed by atoms with Gasteiger partial charge in [-0.15, -0.1) is 0 Å². The highest BCUT2D eigenvalue weighted by molar-refractivity contribution is 5.17. The smallest absolute Gasteiger partial charge is 0.148 e. The molecule has 3 aromatic carbocycles. The third-order valence-electron chi connectivity index (χ3n) is 7.30. The fourth-order valence-corrected chi connectivity index (χ4v) is 5.31. The molecule has 2 saturated heterocycles. The molecule has 1 N–H and O–H groups in total. The lowest BCUT2D eigenvalue weighted by atomic mass is 9.95. The Balaban J connectivity index is 1.40. The normalized spacial score (nSPS) is 24.7.